The molecule has 4 heteroatoms. The minimum absolute atomic E-state index is 0.135. The molecule has 3 N–H and O–H groups in total. The lowest BCUT2D eigenvalue weighted by Gasteiger charge is -2.14. The van der Waals surface area contributed by atoms with Crippen LogP contribution in [0.1, 0.15) is 18.9 Å². The van der Waals surface area contributed by atoms with E-state index in [2.05, 4.69) is 17.3 Å². The molecule has 0 aliphatic heterocycles. The monoisotopic (exact) mass is 248 g/mol. The van der Waals surface area contributed by atoms with Crippen LogP contribution in [-0.2, 0) is 6.42 Å². The highest BCUT2D eigenvalue weighted by molar-refractivity contribution is 5.43. The van der Waals surface area contributed by atoms with Gasteiger partial charge in [-0.25, -0.2) is 0 Å². The van der Waals surface area contributed by atoms with Crippen LogP contribution >= 0.6 is 0 Å². The van der Waals surface area contributed by atoms with Gasteiger partial charge in [-0.05, 0) is 31.0 Å². The molecule has 98 valence electrons. The van der Waals surface area contributed by atoms with Gasteiger partial charge in [0.25, 0.3) is 0 Å². The summed E-state index contributed by atoms with van der Waals surface area (Å²) in [6.07, 6.45) is 1.52. The third-order valence-electron chi connectivity index (χ3n) is 2.69. The van der Waals surface area contributed by atoms with E-state index in [-0.39, 0.29) is 6.04 Å². The topological polar surface area (TPSA) is 56.5 Å². The normalized spacial score (nSPS) is 11.3. The number of hydrogen-bond donors (Lipinski definition) is 2. The number of hydrogen-bond acceptors (Lipinski definition) is 4. The Balaban J connectivity index is 2.79. The second-order valence-electron chi connectivity index (χ2n) is 3.89. The molecule has 0 aromatic heterocycles. The highest BCUT2D eigenvalue weighted by Crippen LogP contribution is 2.28. The van der Waals surface area contributed by atoms with Gasteiger partial charge >= 0.3 is 0 Å². The van der Waals surface area contributed by atoms with Gasteiger partial charge in [0.2, 0.25) is 0 Å². The molecule has 1 aromatic carbocycles. The van der Waals surface area contributed by atoms with E-state index in [9.17, 15) is 0 Å². The molecule has 0 heterocycles. The Labute approximate surface area is 108 Å². The van der Waals surface area contributed by atoms with Gasteiger partial charge in [-0.2, -0.15) is 0 Å². The zero-order chi connectivity index (χ0) is 13.4. The summed E-state index contributed by atoms with van der Waals surface area (Å²) in [6, 6.07) is 6.00. The van der Waals surface area contributed by atoms with Crippen LogP contribution in [0.4, 0.5) is 0 Å². The highest BCUT2D eigenvalue weighted by Gasteiger charge is 2.09. The van der Waals surface area contributed by atoms with E-state index in [1.165, 1.54) is 0 Å². The second kappa shape index (κ2) is 7.59. The van der Waals surface area contributed by atoms with Gasteiger partial charge in [0.15, 0.2) is 11.5 Å². The van der Waals surface area contributed by atoms with Crippen LogP contribution < -0.4 is 20.7 Å². The van der Waals surface area contributed by atoms with Crippen LogP contribution in [0, 0.1) is 11.8 Å². The van der Waals surface area contributed by atoms with Crippen LogP contribution in [0.3, 0.4) is 0 Å². The number of ether oxygens (including phenoxy) is 2. The van der Waals surface area contributed by atoms with E-state index in [1.807, 2.05) is 25.1 Å². The molecule has 0 radical (unpaired) electrons. The van der Waals surface area contributed by atoms with Crippen molar-refractivity contribution < 1.29 is 9.47 Å². The molecule has 18 heavy (non-hydrogen) atoms. The number of rotatable bonds is 6. The van der Waals surface area contributed by atoms with E-state index in [0.29, 0.717) is 0 Å². The fourth-order valence-corrected chi connectivity index (χ4v) is 1.71. The van der Waals surface area contributed by atoms with Crippen LogP contribution in [0.15, 0.2) is 18.2 Å². The molecule has 0 amide bonds. The Morgan fingerprint density at radius 1 is 1.28 bits per heavy atom. The minimum atomic E-state index is 0.135. The fraction of sp³-hybridized carbons (Fsp3) is 0.429. The first-order valence-corrected chi connectivity index (χ1v) is 5.81. The molecule has 1 aromatic rings. The number of hydrazine groups is 1. The van der Waals surface area contributed by atoms with Crippen molar-refractivity contribution >= 4 is 0 Å². The Kier molecular flexibility index (Phi) is 6.06. The average molecular weight is 248 g/mol. The summed E-state index contributed by atoms with van der Waals surface area (Å²) in [7, 11) is 3.25. The summed E-state index contributed by atoms with van der Waals surface area (Å²) in [5, 5.41) is 0. The Hall–Kier alpha value is -1.70. The van der Waals surface area contributed by atoms with Crippen LogP contribution in [-0.4, -0.2) is 20.3 Å². The summed E-state index contributed by atoms with van der Waals surface area (Å²) < 4.78 is 10.5. The number of benzene rings is 1. The first-order valence-electron chi connectivity index (χ1n) is 5.81. The molecule has 4 nitrogen and oxygen atoms in total. The van der Waals surface area contributed by atoms with Gasteiger partial charge in [0.1, 0.15) is 0 Å². The van der Waals surface area contributed by atoms with E-state index in [1.54, 1.807) is 14.2 Å². The lowest BCUT2D eigenvalue weighted by Crippen LogP contribution is -2.36. The van der Waals surface area contributed by atoms with E-state index < -0.39 is 0 Å². The van der Waals surface area contributed by atoms with Crippen molar-refractivity contribution in [2.75, 3.05) is 14.2 Å². The smallest absolute Gasteiger partial charge is 0.160 e. The maximum atomic E-state index is 5.51. The predicted molar refractivity (Wildman–Crippen MR) is 72.4 cm³/mol. The molecule has 0 aliphatic carbocycles. The van der Waals surface area contributed by atoms with E-state index in [0.717, 1.165) is 29.9 Å². The van der Waals surface area contributed by atoms with Gasteiger partial charge in [0, 0.05) is 12.5 Å². The predicted octanol–water partition coefficient (Wildman–Crippen LogP) is 1.49. The SMILES string of the molecule is CC#CCC(Cc1ccc(OC)c(OC)c1)NN. The Morgan fingerprint density at radius 2 is 2.00 bits per heavy atom. The molecule has 0 saturated heterocycles. The zero-order valence-electron chi connectivity index (χ0n) is 11.1. The van der Waals surface area contributed by atoms with Crippen molar-refractivity contribution in [3.63, 3.8) is 0 Å². The summed E-state index contributed by atoms with van der Waals surface area (Å²) in [6.45, 7) is 1.82. The Bertz CT molecular complexity index is 435. The van der Waals surface area contributed by atoms with E-state index in [4.69, 9.17) is 15.3 Å². The molecule has 1 atom stereocenters. The summed E-state index contributed by atoms with van der Waals surface area (Å²) in [4.78, 5) is 0. The molecule has 1 unspecified atom stereocenters. The quantitative estimate of drug-likeness (QED) is 0.455. The fourth-order valence-electron chi connectivity index (χ4n) is 1.71. The molecular weight excluding hydrogens is 228 g/mol. The van der Waals surface area contributed by atoms with Gasteiger partial charge < -0.3 is 9.47 Å². The standard InChI is InChI=1S/C14H20N2O2/c1-4-5-6-12(16-15)9-11-7-8-13(17-2)14(10-11)18-3/h7-8,10,12,16H,6,9,15H2,1-3H3. The minimum Gasteiger partial charge on any atom is -0.493 e. The van der Waals surface area contributed by atoms with Gasteiger partial charge in [0.05, 0.1) is 14.2 Å². The van der Waals surface area contributed by atoms with Gasteiger partial charge in [-0.15, -0.1) is 11.8 Å². The number of nitrogens with one attached hydrogen (secondary N) is 1. The van der Waals surface area contributed by atoms with Crippen LogP contribution in [0.5, 0.6) is 11.5 Å². The maximum Gasteiger partial charge on any atom is 0.160 e. The maximum absolute atomic E-state index is 5.51. The van der Waals surface area contributed by atoms with E-state index >= 15 is 0 Å². The molecule has 0 spiro atoms. The summed E-state index contributed by atoms with van der Waals surface area (Å²) in [5.74, 6) is 12.9. The van der Waals surface area contributed by atoms with Crippen molar-refractivity contribution in [2.24, 2.45) is 5.84 Å². The number of methoxy groups -OCH3 is 2. The van der Waals surface area contributed by atoms with Crippen molar-refractivity contribution in [3.8, 4) is 23.3 Å². The molecule has 1 rings (SSSR count). The van der Waals surface area contributed by atoms with Crippen molar-refractivity contribution in [2.45, 2.75) is 25.8 Å². The van der Waals surface area contributed by atoms with Crippen LogP contribution in [0.25, 0.3) is 0 Å². The lowest BCUT2D eigenvalue weighted by atomic mass is 10.0. The van der Waals surface area contributed by atoms with Crippen LogP contribution in [0.2, 0.25) is 0 Å². The molecular formula is C14H20N2O2. The largest absolute Gasteiger partial charge is 0.493 e. The first kappa shape index (κ1) is 14.4. The third kappa shape index (κ3) is 3.95. The summed E-state index contributed by atoms with van der Waals surface area (Å²) in [5.41, 5.74) is 3.91. The second-order valence-corrected chi connectivity index (χ2v) is 3.89. The van der Waals surface area contributed by atoms with Gasteiger partial charge in [-0.1, -0.05) is 6.07 Å². The highest BCUT2D eigenvalue weighted by atomic mass is 16.5. The zero-order valence-corrected chi connectivity index (χ0v) is 11.1. The molecule has 0 saturated carbocycles. The van der Waals surface area contributed by atoms with Gasteiger partial charge in [-0.3, -0.25) is 11.3 Å². The molecule has 0 bridgehead atoms. The van der Waals surface area contributed by atoms with Crippen molar-refractivity contribution in [3.05, 3.63) is 23.8 Å². The molecule has 0 aliphatic rings. The lowest BCUT2D eigenvalue weighted by molar-refractivity contribution is 0.354. The number of nitrogens with two attached hydrogens (primary N) is 1. The average Bonchev–Trinajstić information content (AvgIpc) is 2.43. The van der Waals surface area contributed by atoms with Crippen molar-refractivity contribution in [1.82, 2.24) is 5.43 Å². The molecule has 0 fully saturated rings. The van der Waals surface area contributed by atoms with Crippen molar-refractivity contribution in [1.29, 1.82) is 0 Å². The first-order chi connectivity index (χ1) is 8.74. The summed E-state index contributed by atoms with van der Waals surface area (Å²) >= 11 is 0. The Morgan fingerprint density at radius 3 is 2.56 bits per heavy atom. The third-order valence-corrected chi connectivity index (χ3v) is 2.69.